The molecule has 1 fully saturated rings. The molecule has 0 spiro atoms. The molecule has 0 saturated carbocycles. The van der Waals surface area contributed by atoms with Gasteiger partial charge in [-0.3, -0.25) is 0 Å². The van der Waals surface area contributed by atoms with Crippen molar-refractivity contribution < 1.29 is 21.9 Å². The first-order valence-corrected chi connectivity index (χ1v) is 8.20. The van der Waals surface area contributed by atoms with E-state index in [0.29, 0.717) is 0 Å². The van der Waals surface area contributed by atoms with Crippen LogP contribution in [0.3, 0.4) is 0 Å². The van der Waals surface area contributed by atoms with E-state index in [9.17, 15) is 0 Å². The number of hydrogen-bond acceptors (Lipinski definition) is 0. The van der Waals surface area contributed by atoms with Crippen molar-refractivity contribution >= 4 is 0 Å². The summed E-state index contributed by atoms with van der Waals surface area (Å²) in [6.45, 7) is 9.00. The second-order valence-electron chi connectivity index (χ2n) is 6.02. The Morgan fingerprint density at radius 3 is 2.22 bits per heavy atom. The highest BCUT2D eigenvalue weighted by Gasteiger charge is 2.24. The lowest BCUT2D eigenvalue weighted by Crippen LogP contribution is -3.10. The molecule has 1 nitrogen and oxygen atoms in total. The molecule has 0 amide bonds. The van der Waals surface area contributed by atoms with Gasteiger partial charge in [0, 0.05) is 12.3 Å². The van der Waals surface area contributed by atoms with Crippen molar-refractivity contribution in [2.24, 2.45) is 5.92 Å². The van der Waals surface area contributed by atoms with Crippen LogP contribution < -0.4 is 21.9 Å². The maximum absolute atomic E-state index is 2.30. The molecule has 1 aliphatic rings. The minimum atomic E-state index is 0. The molecule has 1 aliphatic heterocycles. The third-order valence-electron chi connectivity index (χ3n) is 4.33. The molecule has 2 unspecified atom stereocenters. The molecule has 1 rings (SSSR count). The Balaban J connectivity index is 0.00000289. The fraction of sp³-hybridized carbons (Fsp3) is 1.00. The fourth-order valence-corrected chi connectivity index (χ4v) is 3.16. The normalized spacial score (nSPS) is 23.0. The SMILES string of the molecule is CCCCCCC1CC[NH+](CCCCCC)C1.[Br-]. The fourth-order valence-electron chi connectivity index (χ4n) is 3.16. The summed E-state index contributed by atoms with van der Waals surface area (Å²) in [4.78, 5) is 1.90. The van der Waals surface area contributed by atoms with Crippen molar-refractivity contribution in [3.63, 3.8) is 0 Å². The zero-order valence-corrected chi connectivity index (χ0v) is 14.2. The topological polar surface area (TPSA) is 4.44 Å². The lowest BCUT2D eigenvalue weighted by atomic mass is 10.0. The molecular formula is C16H34BrN. The summed E-state index contributed by atoms with van der Waals surface area (Å²) in [5.74, 6) is 1.06. The summed E-state index contributed by atoms with van der Waals surface area (Å²) in [6, 6.07) is 0. The van der Waals surface area contributed by atoms with E-state index in [2.05, 4.69) is 13.8 Å². The van der Waals surface area contributed by atoms with E-state index in [1.165, 1.54) is 83.8 Å². The third kappa shape index (κ3) is 8.53. The minimum absolute atomic E-state index is 0. The zero-order valence-electron chi connectivity index (χ0n) is 12.6. The quantitative estimate of drug-likeness (QED) is 0.558. The van der Waals surface area contributed by atoms with Gasteiger partial charge in [-0.25, -0.2) is 0 Å². The first-order chi connectivity index (χ1) is 8.36. The van der Waals surface area contributed by atoms with Crippen LogP contribution in [0.15, 0.2) is 0 Å². The molecule has 0 bridgehead atoms. The van der Waals surface area contributed by atoms with Gasteiger partial charge in [-0.05, 0) is 19.3 Å². The molecule has 0 aromatic carbocycles. The Labute approximate surface area is 125 Å². The van der Waals surface area contributed by atoms with Gasteiger partial charge < -0.3 is 21.9 Å². The first-order valence-electron chi connectivity index (χ1n) is 8.20. The number of quaternary nitrogens is 1. The van der Waals surface area contributed by atoms with Crippen molar-refractivity contribution in [1.29, 1.82) is 0 Å². The number of nitrogens with one attached hydrogen (secondary N) is 1. The van der Waals surface area contributed by atoms with Gasteiger partial charge in [0.15, 0.2) is 0 Å². The van der Waals surface area contributed by atoms with Crippen LogP contribution in [0, 0.1) is 5.92 Å². The van der Waals surface area contributed by atoms with Crippen molar-refractivity contribution in [3.05, 3.63) is 0 Å². The van der Waals surface area contributed by atoms with Gasteiger partial charge in [-0.15, -0.1) is 0 Å². The van der Waals surface area contributed by atoms with Crippen molar-refractivity contribution in [3.8, 4) is 0 Å². The van der Waals surface area contributed by atoms with Crippen LogP contribution >= 0.6 is 0 Å². The molecule has 110 valence electrons. The summed E-state index contributed by atoms with van der Waals surface area (Å²) < 4.78 is 0. The van der Waals surface area contributed by atoms with Gasteiger partial charge in [0.25, 0.3) is 0 Å². The minimum Gasteiger partial charge on any atom is -1.00 e. The van der Waals surface area contributed by atoms with Crippen LogP contribution in [0.25, 0.3) is 0 Å². The third-order valence-corrected chi connectivity index (χ3v) is 4.33. The largest absolute Gasteiger partial charge is 1.00 e. The Hall–Kier alpha value is 0.440. The maximum Gasteiger partial charge on any atom is 0.0801 e. The molecule has 1 heterocycles. The van der Waals surface area contributed by atoms with Gasteiger partial charge >= 0.3 is 0 Å². The smallest absolute Gasteiger partial charge is 0.0801 e. The van der Waals surface area contributed by atoms with Gasteiger partial charge in [0.05, 0.1) is 19.6 Å². The Bertz CT molecular complexity index is 154. The van der Waals surface area contributed by atoms with Crippen LogP contribution in [0.2, 0.25) is 0 Å². The second kappa shape index (κ2) is 12.5. The van der Waals surface area contributed by atoms with E-state index >= 15 is 0 Å². The predicted molar refractivity (Wildman–Crippen MR) is 76.6 cm³/mol. The van der Waals surface area contributed by atoms with Crippen molar-refractivity contribution in [1.82, 2.24) is 0 Å². The Kier molecular flexibility index (Phi) is 12.8. The van der Waals surface area contributed by atoms with Gasteiger partial charge in [-0.1, -0.05) is 52.4 Å². The average Bonchev–Trinajstić information content (AvgIpc) is 2.78. The lowest BCUT2D eigenvalue weighted by Gasteiger charge is -2.13. The van der Waals surface area contributed by atoms with Gasteiger partial charge in [-0.2, -0.15) is 0 Å². The Morgan fingerprint density at radius 1 is 0.889 bits per heavy atom. The number of likely N-dealkylation sites (tertiary alicyclic amines) is 1. The molecule has 1 N–H and O–H groups in total. The molecule has 0 aromatic heterocycles. The van der Waals surface area contributed by atoms with Crippen molar-refractivity contribution in [2.45, 2.75) is 78.1 Å². The molecule has 0 radical (unpaired) electrons. The monoisotopic (exact) mass is 319 g/mol. The van der Waals surface area contributed by atoms with Crippen LogP contribution in [-0.2, 0) is 0 Å². The van der Waals surface area contributed by atoms with E-state index in [0.717, 1.165) is 5.92 Å². The van der Waals surface area contributed by atoms with Crippen LogP contribution in [-0.4, -0.2) is 19.6 Å². The van der Waals surface area contributed by atoms with Crippen LogP contribution in [0.5, 0.6) is 0 Å². The van der Waals surface area contributed by atoms with Crippen LogP contribution in [0.4, 0.5) is 0 Å². The number of unbranched alkanes of at least 4 members (excludes halogenated alkanes) is 6. The van der Waals surface area contributed by atoms with Crippen LogP contribution in [0.1, 0.15) is 78.1 Å². The molecular weight excluding hydrogens is 286 g/mol. The number of hydrogen-bond donors (Lipinski definition) is 1. The van der Waals surface area contributed by atoms with E-state index < -0.39 is 0 Å². The number of halogens is 1. The average molecular weight is 320 g/mol. The summed E-state index contributed by atoms with van der Waals surface area (Å²) in [5, 5.41) is 0. The standard InChI is InChI=1S/C16H33N.BrH/c1-3-5-7-9-11-16-12-14-17(15-16)13-10-8-6-4-2;/h16H,3-15H2,1-2H3;1H. The van der Waals surface area contributed by atoms with E-state index in [1.54, 1.807) is 0 Å². The van der Waals surface area contributed by atoms with E-state index in [4.69, 9.17) is 0 Å². The highest BCUT2D eigenvalue weighted by molar-refractivity contribution is 4.63. The molecule has 0 aromatic rings. The molecule has 0 aliphatic carbocycles. The summed E-state index contributed by atoms with van der Waals surface area (Å²) >= 11 is 0. The van der Waals surface area contributed by atoms with Gasteiger partial charge in [0.2, 0.25) is 0 Å². The van der Waals surface area contributed by atoms with Crippen molar-refractivity contribution in [2.75, 3.05) is 19.6 Å². The highest BCUT2D eigenvalue weighted by atomic mass is 79.9. The highest BCUT2D eigenvalue weighted by Crippen LogP contribution is 2.15. The van der Waals surface area contributed by atoms with E-state index in [1.807, 2.05) is 4.90 Å². The summed E-state index contributed by atoms with van der Waals surface area (Å²) in [5.41, 5.74) is 0. The number of rotatable bonds is 10. The second-order valence-corrected chi connectivity index (χ2v) is 6.02. The molecule has 2 heteroatoms. The predicted octanol–water partition coefficient (Wildman–Crippen LogP) is 0.446. The molecule has 18 heavy (non-hydrogen) atoms. The maximum atomic E-state index is 2.30. The first kappa shape index (κ1) is 18.4. The summed E-state index contributed by atoms with van der Waals surface area (Å²) in [6.07, 6.45) is 14.5. The lowest BCUT2D eigenvalue weighted by molar-refractivity contribution is -0.889. The molecule has 1 saturated heterocycles. The van der Waals surface area contributed by atoms with E-state index in [-0.39, 0.29) is 17.0 Å². The zero-order chi connectivity index (χ0) is 12.3. The molecule has 2 atom stereocenters. The van der Waals surface area contributed by atoms with Gasteiger partial charge in [0.1, 0.15) is 0 Å². The Morgan fingerprint density at radius 2 is 1.56 bits per heavy atom. The summed E-state index contributed by atoms with van der Waals surface area (Å²) in [7, 11) is 0.